The number of nitrogens with two attached hydrogens (primary N) is 1. The van der Waals surface area contributed by atoms with Gasteiger partial charge in [-0.1, -0.05) is 0 Å². The molecule has 0 saturated carbocycles. The first-order valence-electron chi connectivity index (χ1n) is 5.47. The second-order valence-corrected chi connectivity index (χ2v) is 7.03. The first-order chi connectivity index (χ1) is 7.34. The molecule has 1 fully saturated rings. The zero-order valence-corrected chi connectivity index (χ0v) is 11.1. The Labute approximate surface area is 97.9 Å². The van der Waals surface area contributed by atoms with E-state index in [1.165, 1.54) is 0 Å². The van der Waals surface area contributed by atoms with Gasteiger partial charge in [-0.3, -0.25) is 4.90 Å². The average molecular weight is 250 g/mol. The minimum Gasteiger partial charge on any atom is -0.383 e. The van der Waals surface area contributed by atoms with Gasteiger partial charge in [0.05, 0.1) is 23.7 Å². The van der Waals surface area contributed by atoms with Crippen molar-refractivity contribution in [1.82, 2.24) is 4.90 Å². The van der Waals surface area contributed by atoms with E-state index in [1.54, 1.807) is 7.11 Å². The van der Waals surface area contributed by atoms with Crippen LogP contribution in [-0.4, -0.2) is 63.7 Å². The third-order valence-corrected chi connectivity index (χ3v) is 5.25. The van der Waals surface area contributed by atoms with Crippen LogP contribution in [0.5, 0.6) is 0 Å². The minimum absolute atomic E-state index is 0.0636. The quantitative estimate of drug-likeness (QED) is 0.710. The maximum absolute atomic E-state index is 11.4. The third-order valence-electron chi connectivity index (χ3n) is 3.50. The van der Waals surface area contributed by atoms with Gasteiger partial charge in [0.1, 0.15) is 0 Å². The molecule has 2 atom stereocenters. The summed E-state index contributed by atoms with van der Waals surface area (Å²) in [5, 5.41) is 0. The second kappa shape index (κ2) is 5.00. The van der Waals surface area contributed by atoms with Crippen molar-refractivity contribution in [3.63, 3.8) is 0 Å². The first-order valence-corrected chi connectivity index (χ1v) is 7.29. The van der Waals surface area contributed by atoms with Crippen molar-refractivity contribution in [1.29, 1.82) is 0 Å². The van der Waals surface area contributed by atoms with Gasteiger partial charge in [0.15, 0.2) is 9.84 Å². The Bertz CT molecular complexity index is 331. The molecule has 1 rings (SSSR count). The lowest BCUT2D eigenvalue weighted by Crippen LogP contribution is -2.57. The van der Waals surface area contributed by atoms with Crippen molar-refractivity contribution in [3.05, 3.63) is 0 Å². The molecule has 96 valence electrons. The van der Waals surface area contributed by atoms with E-state index < -0.39 is 9.84 Å². The molecule has 16 heavy (non-hydrogen) atoms. The summed E-state index contributed by atoms with van der Waals surface area (Å²) in [6.45, 7) is 2.96. The van der Waals surface area contributed by atoms with Crippen LogP contribution in [0.25, 0.3) is 0 Å². The van der Waals surface area contributed by atoms with E-state index >= 15 is 0 Å². The standard InChI is InChI=1S/C10H22N2O3S/c1-10(7-11,8-15-3)12(2)9-4-5-16(13,14)6-9/h9H,4-8,11H2,1-3H3. The Kier molecular flexibility index (Phi) is 4.34. The molecule has 0 aromatic heterocycles. The van der Waals surface area contributed by atoms with E-state index in [2.05, 4.69) is 4.90 Å². The van der Waals surface area contributed by atoms with Crippen molar-refractivity contribution in [2.45, 2.75) is 24.9 Å². The Morgan fingerprint density at radius 1 is 1.56 bits per heavy atom. The van der Waals surface area contributed by atoms with Crippen LogP contribution in [0.4, 0.5) is 0 Å². The van der Waals surface area contributed by atoms with Crippen LogP contribution in [0.15, 0.2) is 0 Å². The predicted molar refractivity (Wildman–Crippen MR) is 64.2 cm³/mol. The fourth-order valence-electron chi connectivity index (χ4n) is 2.14. The lowest BCUT2D eigenvalue weighted by molar-refractivity contribution is 0.0236. The summed E-state index contributed by atoms with van der Waals surface area (Å²) in [5.74, 6) is 0.526. The molecule has 1 heterocycles. The van der Waals surface area contributed by atoms with Crippen LogP contribution in [0, 0.1) is 0 Å². The Morgan fingerprint density at radius 2 is 2.19 bits per heavy atom. The molecule has 0 spiro atoms. The molecule has 6 heteroatoms. The lowest BCUT2D eigenvalue weighted by Gasteiger charge is -2.40. The van der Waals surface area contributed by atoms with Gasteiger partial charge in [0.2, 0.25) is 0 Å². The van der Waals surface area contributed by atoms with E-state index in [0.29, 0.717) is 19.6 Å². The molecule has 0 amide bonds. The molecular formula is C10H22N2O3S. The van der Waals surface area contributed by atoms with Crippen LogP contribution in [0.2, 0.25) is 0 Å². The molecule has 0 aliphatic carbocycles. The number of nitrogens with zero attached hydrogens (tertiary/aromatic N) is 1. The normalized spacial score (nSPS) is 28.2. The molecule has 1 aliphatic rings. The number of rotatable bonds is 5. The van der Waals surface area contributed by atoms with Crippen molar-refractivity contribution in [3.8, 4) is 0 Å². The lowest BCUT2D eigenvalue weighted by atomic mass is 9.99. The SMILES string of the molecule is COCC(C)(CN)N(C)C1CCS(=O)(=O)C1. The van der Waals surface area contributed by atoms with E-state index in [9.17, 15) is 8.42 Å². The molecule has 0 bridgehead atoms. The van der Waals surface area contributed by atoms with E-state index in [-0.39, 0.29) is 23.1 Å². The smallest absolute Gasteiger partial charge is 0.151 e. The van der Waals surface area contributed by atoms with Crippen molar-refractivity contribution >= 4 is 9.84 Å². The van der Waals surface area contributed by atoms with Crippen LogP contribution < -0.4 is 5.73 Å². The van der Waals surface area contributed by atoms with Crippen LogP contribution in [-0.2, 0) is 14.6 Å². The Hall–Kier alpha value is -0.170. The van der Waals surface area contributed by atoms with E-state index in [0.717, 1.165) is 0 Å². The zero-order valence-electron chi connectivity index (χ0n) is 10.3. The summed E-state index contributed by atoms with van der Waals surface area (Å²) >= 11 is 0. The fourth-order valence-corrected chi connectivity index (χ4v) is 3.91. The predicted octanol–water partition coefficient (Wildman–Crippen LogP) is -0.531. The number of ether oxygens (including phenoxy) is 1. The fraction of sp³-hybridized carbons (Fsp3) is 1.00. The van der Waals surface area contributed by atoms with Gasteiger partial charge in [-0.25, -0.2) is 8.42 Å². The molecular weight excluding hydrogens is 228 g/mol. The Morgan fingerprint density at radius 3 is 2.56 bits per heavy atom. The molecule has 0 aromatic rings. The van der Waals surface area contributed by atoms with E-state index in [1.807, 2.05) is 14.0 Å². The average Bonchev–Trinajstić information content (AvgIpc) is 2.58. The van der Waals surface area contributed by atoms with Gasteiger partial charge in [-0.05, 0) is 20.4 Å². The number of methoxy groups -OCH3 is 1. The summed E-state index contributed by atoms with van der Waals surface area (Å²) in [5.41, 5.74) is 5.47. The topological polar surface area (TPSA) is 72.6 Å². The number of sulfone groups is 1. The van der Waals surface area contributed by atoms with Gasteiger partial charge in [-0.2, -0.15) is 0 Å². The zero-order chi connectivity index (χ0) is 12.4. The van der Waals surface area contributed by atoms with Gasteiger partial charge < -0.3 is 10.5 Å². The maximum Gasteiger partial charge on any atom is 0.151 e. The number of hydrogen-bond acceptors (Lipinski definition) is 5. The second-order valence-electron chi connectivity index (χ2n) is 4.80. The minimum atomic E-state index is -2.85. The third kappa shape index (κ3) is 2.94. The monoisotopic (exact) mass is 250 g/mol. The largest absolute Gasteiger partial charge is 0.383 e. The summed E-state index contributed by atoms with van der Waals surface area (Å²) in [6.07, 6.45) is 0.693. The molecule has 1 aliphatic heterocycles. The maximum atomic E-state index is 11.4. The van der Waals surface area contributed by atoms with Crippen molar-refractivity contribution in [2.75, 3.05) is 38.8 Å². The highest BCUT2D eigenvalue weighted by molar-refractivity contribution is 7.91. The summed E-state index contributed by atoms with van der Waals surface area (Å²) in [7, 11) is 0.713. The van der Waals surface area contributed by atoms with Gasteiger partial charge in [0, 0.05) is 19.7 Å². The van der Waals surface area contributed by atoms with Crippen LogP contribution >= 0.6 is 0 Å². The molecule has 1 saturated heterocycles. The van der Waals surface area contributed by atoms with Gasteiger partial charge in [-0.15, -0.1) is 0 Å². The van der Waals surface area contributed by atoms with E-state index in [4.69, 9.17) is 10.5 Å². The van der Waals surface area contributed by atoms with Crippen molar-refractivity contribution in [2.24, 2.45) is 5.73 Å². The molecule has 2 N–H and O–H groups in total. The highest BCUT2D eigenvalue weighted by Crippen LogP contribution is 2.23. The number of likely N-dealkylation sites (N-methyl/N-ethyl adjacent to an activating group) is 1. The first kappa shape index (κ1) is 13.9. The summed E-state index contributed by atoms with van der Waals surface area (Å²) in [6, 6.07) is 0.0636. The molecule has 0 radical (unpaired) electrons. The van der Waals surface area contributed by atoms with Crippen LogP contribution in [0.3, 0.4) is 0 Å². The molecule has 2 unspecified atom stereocenters. The van der Waals surface area contributed by atoms with Crippen molar-refractivity contribution < 1.29 is 13.2 Å². The van der Waals surface area contributed by atoms with Crippen LogP contribution in [0.1, 0.15) is 13.3 Å². The summed E-state index contributed by atoms with van der Waals surface area (Å²) in [4.78, 5) is 2.06. The van der Waals surface area contributed by atoms with Gasteiger partial charge in [0.25, 0.3) is 0 Å². The highest BCUT2D eigenvalue weighted by Gasteiger charge is 2.38. The molecule has 0 aromatic carbocycles. The Balaban J connectivity index is 2.73. The van der Waals surface area contributed by atoms with Gasteiger partial charge >= 0.3 is 0 Å². The highest BCUT2D eigenvalue weighted by atomic mass is 32.2. The number of hydrogen-bond donors (Lipinski definition) is 1. The molecule has 5 nitrogen and oxygen atoms in total. The summed E-state index contributed by atoms with van der Waals surface area (Å²) < 4.78 is 28.0.